The fraction of sp³-hybridized carbons (Fsp3) is 0.368. The first-order valence-electron chi connectivity index (χ1n) is 9.23. The predicted molar refractivity (Wildman–Crippen MR) is 114 cm³/mol. The Bertz CT molecular complexity index is 1130. The van der Waals surface area contributed by atoms with Crippen molar-refractivity contribution in [3.05, 3.63) is 47.2 Å². The molecule has 0 N–H and O–H groups in total. The van der Waals surface area contributed by atoms with E-state index >= 15 is 0 Å². The van der Waals surface area contributed by atoms with Crippen molar-refractivity contribution in [3.8, 4) is 0 Å². The molecule has 3 aromatic rings. The first-order chi connectivity index (χ1) is 13.9. The van der Waals surface area contributed by atoms with E-state index in [0.717, 1.165) is 31.9 Å². The second kappa shape index (κ2) is 8.23. The molecule has 0 bridgehead atoms. The van der Waals surface area contributed by atoms with E-state index in [4.69, 9.17) is 11.6 Å². The largest absolute Gasteiger partial charge is 0.304 e. The molecule has 29 heavy (non-hydrogen) atoms. The minimum Gasteiger partial charge on any atom is -0.304 e. The van der Waals surface area contributed by atoms with Gasteiger partial charge in [0, 0.05) is 32.7 Å². The number of nitrogens with zero attached hydrogens (tertiary/aromatic N) is 5. The van der Waals surface area contributed by atoms with Gasteiger partial charge in [-0.15, -0.1) is 11.8 Å². The first-order valence-corrected chi connectivity index (χ1v) is 12.3. The molecule has 0 aliphatic carbocycles. The van der Waals surface area contributed by atoms with Gasteiger partial charge < -0.3 is 4.90 Å². The van der Waals surface area contributed by atoms with Gasteiger partial charge in [-0.1, -0.05) is 29.8 Å². The Kier molecular flexibility index (Phi) is 5.85. The first kappa shape index (κ1) is 20.6. The number of piperazine rings is 1. The lowest BCUT2D eigenvalue weighted by Gasteiger charge is -2.32. The van der Waals surface area contributed by atoms with Crippen molar-refractivity contribution in [2.24, 2.45) is 0 Å². The van der Waals surface area contributed by atoms with E-state index in [2.05, 4.69) is 26.9 Å². The summed E-state index contributed by atoms with van der Waals surface area (Å²) in [5.41, 5.74) is 1.01. The quantitative estimate of drug-likeness (QED) is 0.436. The van der Waals surface area contributed by atoms with Gasteiger partial charge in [0.15, 0.2) is 10.5 Å². The zero-order valence-corrected chi connectivity index (χ0v) is 18.6. The predicted octanol–water partition coefficient (Wildman–Crippen LogP) is 2.68. The Morgan fingerprint density at radius 3 is 2.48 bits per heavy atom. The Hall–Kier alpha value is -1.65. The van der Waals surface area contributed by atoms with E-state index in [1.807, 2.05) is 0 Å². The van der Waals surface area contributed by atoms with Crippen LogP contribution in [0.25, 0.3) is 5.65 Å². The molecule has 0 radical (unpaired) electrons. The normalized spacial score (nSPS) is 16.5. The molecule has 0 unspecified atom stereocenters. The van der Waals surface area contributed by atoms with Crippen molar-refractivity contribution in [1.29, 1.82) is 0 Å². The third kappa shape index (κ3) is 4.02. The molecule has 1 saturated heterocycles. The maximum absolute atomic E-state index is 13.4. The lowest BCUT2D eigenvalue weighted by atomic mass is 10.3. The van der Waals surface area contributed by atoms with Crippen molar-refractivity contribution >= 4 is 38.8 Å². The zero-order chi connectivity index (χ0) is 20.6. The van der Waals surface area contributed by atoms with Crippen molar-refractivity contribution in [2.45, 2.75) is 21.4 Å². The van der Waals surface area contributed by atoms with E-state index in [0.29, 0.717) is 16.7 Å². The number of thioether (sulfide) groups is 1. The number of halogens is 1. The zero-order valence-electron chi connectivity index (χ0n) is 16.2. The van der Waals surface area contributed by atoms with Crippen molar-refractivity contribution < 1.29 is 8.42 Å². The topological polar surface area (TPSA) is 70.8 Å². The highest BCUT2D eigenvalue weighted by Crippen LogP contribution is 2.33. The molecule has 0 saturated carbocycles. The molecule has 3 heterocycles. The van der Waals surface area contributed by atoms with E-state index < -0.39 is 9.84 Å². The second-order valence-corrected chi connectivity index (χ2v) is 10.1. The highest BCUT2D eigenvalue weighted by Gasteiger charge is 2.29. The van der Waals surface area contributed by atoms with Gasteiger partial charge in [-0.3, -0.25) is 4.90 Å². The summed E-state index contributed by atoms with van der Waals surface area (Å²) in [6, 6.07) is 10.1. The van der Waals surface area contributed by atoms with Crippen LogP contribution in [0.1, 0.15) is 5.69 Å². The standard InChI is InChI=1S/C19H22ClN5O2S2/c1-23-8-10-24(11-9-23)13-14-12-16(20)25-18(21-14)17(19(22-25)28-2)29(26,27)15-6-4-3-5-7-15/h3-7,12H,8-11,13H2,1-2H3. The van der Waals surface area contributed by atoms with Gasteiger partial charge in [0.05, 0.1) is 10.6 Å². The van der Waals surface area contributed by atoms with E-state index in [9.17, 15) is 8.42 Å². The van der Waals surface area contributed by atoms with Crippen LogP contribution in [0.3, 0.4) is 0 Å². The van der Waals surface area contributed by atoms with E-state index in [1.165, 1.54) is 16.3 Å². The van der Waals surface area contributed by atoms with Crippen LogP contribution in [-0.2, 0) is 16.4 Å². The summed E-state index contributed by atoms with van der Waals surface area (Å²) >= 11 is 7.74. The third-order valence-electron chi connectivity index (χ3n) is 5.02. The van der Waals surface area contributed by atoms with Gasteiger partial charge in [-0.2, -0.15) is 5.10 Å². The number of fused-ring (bicyclic) bond motifs is 1. The Balaban J connectivity index is 1.81. The minimum absolute atomic E-state index is 0.110. The van der Waals surface area contributed by atoms with Gasteiger partial charge in [-0.25, -0.2) is 17.9 Å². The summed E-state index contributed by atoms with van der Waals surface area (Å²) in [6.07, 6.45) is 1.80. The molecular weight excluding hydrogens is 430 g/mol. The highest BCUT2D eigenvalue weighted by molar-refractivity contribution is 7.99. The van der Waals surface area contributed by atoms with Crippen molar-refractivity contribution in [1.82, 2.24) is 24.4 Å². The van der Waals surface area contributed by atoms with Crippen LogP contribution in [0.15, 0.2) is 51.2 Å². The van der Waals surface area contributed by atoms with Crippen LogP contribution in [0, 0.1) is 0 Å². The SMILES string of the molecule is CSc1nn2c(Cl)cc(CN3CCN(C)CC3)nc2c1S(=O)(=O)c1ccccc1. The summed E-state index contributed by atoms with van der Waals surface area (Å²) in [4.78, 5) is 9.58. The average molecular weight is 452 g/mol. The van der Waals surface area contributed by atoms with Crippen LogP contribution < -0.4 is 0 Å². The van der Waals surface area contributed by atoms with Gasteiger partial charge >= 0.3 is 0 Å². The number of rotatable bonds is 5. The third-order valence-corrected chi connectivity index (χ3v) is 7.90. The number of aromatic nitrogens is 3. The Morgan fingerprint density at radius 1 is 1.14 bits per heavy atom. The summed E-state index contributed by atoms with van der Waals surface area (Å²) in [6.45, 7) is 4.48. The average Bonchev–Trinajstić information content (AvgIpc) is 3.10. The summed E-state index contributed by atoms with van der Waals surface area (Å²) in [5, 5.41) is 5.15. The van der Waals surface area contributed by atoms with Crippen LogP contribution in [0.4, 0.5) is 0 Å². The van der Waals surface area contributed by atoms with E-state index in [-0.39, 0.29) is 15.4 Å². The van der Waals surface area contributed by atoms with Gasteiger partial charge in [0.1, 0.15) is 10.2 Å². The fourth-order valence-corrected chi connectivity index (χ4v) is 6.05. The number of hydrogen-bond donors (Lipinski definition) is 0. The van der Waals surface area contributed by atoms with Crippen molar-refractivity contribution in [3.63, 3.8) is 0 Å². The van der Waals surface area contributed by atoms with Crippen LogP contribution in [0.2, 0.25) is 5.15 Å². The molecule has 0 atom stereocenters. The van der Waals surface area contributed by atoms with Gasteiger partial charge in [-0.05, 0) is 31.5 Å². The Morgan fingerprint density at radius 2 is 1.83 bits per heavy atom. The lowest BCUT2D eigenvalue weighted by molar-refractivity contribution is 0.147. The van der Waals surface area contributed by atoms with Crippen LogP contribution in [-0.4, -0.2) is 72.3 Å². The number of likely N-dealkylation sites (N-methyl/N-ethyl adjacent to an activating group) is 1. The molecule has 154 valence electrons. The molecule has 1 aromatic carbocycles. The monoisotopic (exact) mass is 451 g/mol. The number of benzene rings is 1. The molecular formula is C19H22ClN5O2S2. The fourth-order valence-electron chi connectivity index (χ4n) is 3.39. The molecule has 1 aliphatic heterocycles. The summed E-state index contributed by atoms with van der Waals surface area (Å²) < 4.78 is 28.2. The van der Waals surface area contributed by atoms with Gasteiger partial charge in [0.25, 0.3) is 0 Å². The molecule has 10 heteroatoms. The lowest BCUT2D eigenvalue weighted by Crippen LogP contribution is -2.44. The molecule has 0 amide bonds. The maximum atomic E-state index is 13.4. The molecule has 0 spiro atoms. The summed E-state index contributed by atoms with van der Waals surface area (Å²) in [5.74, 6) is 0. The minimum atomic E-state index is -3.78. The molecule has 1 fully saturated rings. The van der Waals surface area contributed by atoms with Crippen molar-refractivity contribution in [2.75, 3.05) is 39.5 Å². The highest BCUT2D eigenvalue weighted by atomic mass is 35.5. The Labute approximate surface area is 179 Å². The number of hydrogen-bond acceptors (Lipinski definition) is 7. The van der Waals surface area contributed by atoms with Gasteiger partial charge in [0.2, 0.25) is 9.84 Å². The smallest absolute Gasteiger partial charge is 0.213 e. The second-order valence-electron chi connectivity index (χ2n) is 7.04. The maximum Gasteiger partial charge on any atom is 0.213 e. The molecule has 2 aromatic heterocycles. The van der Waals surface area contributed by atoms with E-state index in [1.54, 1.807) is 42.7 Å². The van der Waals surface area contributed by atoms with Crippen LogP contribution in [0.5, 0.6) is 0 Å². The molecule has 4 rings (SSSR count). The number of sulfone groups is 1. The molecule has 1 aliphatic rings. The molecule has 7 nitrogen and oxygen atoms in total. The summed E-state index contributed by atoms with van der Waals surface area (Å²) in [7, 11) is -1.68. The van der Waals surface area contributed by atoms with Crippen LogP contribution >= 0.6 is 23.4 Å².